The predicted octanol–water partition coefficient (Wildman–Crippen LogP) is 0.852. The highest BCUT2D eigenvalue weighted by molar-refractivity contribution is 5.85. The van der Waals surface area contributed by atoms with E-state index in [0.717, 1.165) is 6.42 Å². The largest absolute Gasteiger partial charge is 0.497 e. The molecule has 0 radical (unpaired) electrons. The van der Waals surface area contributed by atoms with Crippen molar-refractivity contribution in [3.63, 3.8) is 0 Å². The normalized spacial score (nSPS) is 24.0. The summed E-state index contributed by atoms with van der Waals surface area (Å²) in [5.74, 6) is 0.330. The van der Waals surface area contributed by atoms with Crippen LogP contribution in [0.5, 0.6) is 0 Å². The third-order valence-electron chi connectivity index (χ3n) is 1.44. The van der Waals surface area contributed by atoms with E-state index in [9.17, 15) is 4.79 Å². The molecule has 1 atom stereocenters. The average Bonchev–Trinajstić information content (AvgIpc) is 2.30. The number of cyclic esters (lactones) is 1. The second-order valence-corrected chi connectivity index (χ2v) is 2.08. The molecule has 1 rings (SSSR count). The number of carbonyl (C=O) groups excluding carboxylic acids is 1. The van der Waals surface area contributed by atoms with Gasteiger partial charge in [-0.05, 0) is 6.42 Å². The highest BCUT2D eigenvalue weighted by atomic mass is 16.6. The fourth-order valence-corrected chi connectivity index (χ4v) is 0.916. The molecule has 0 spiro atoms. The van der Waals surface area contributed by atoms with Gasteiger partial charge in [0, 0.05) is 0 Å². The lowest BCUT2D eigenvalue weighted by Gasteiger charge is -2.09. The first-order chi connectivity index (χ1) is 4.77. The van der Waals surface area contributed by atoms with Crippen molar-refractivity contribution >= 4 is 5.97 Å². The summed E-state index contributed by atoms with van der Waals surface area (Å²) in [6.07, 6.45) is 2.00. The standard InChI is InChI=1S/C7H10O3/c1-3-5-6(9-2)4-7(8)10-5/h4-5H,3H2,1-2H3. The molecular weight excluding hydrogens is 132 g/mol. The van der Waals surface area contributed by atoms with E-state index in [1.807, 2.05) is 6.92 Å². The maximum atomic E-state index is 10.6. The molecule has 0 bridgehead atoms. The van der Waals surface area contributed by atoms with Crippen LogP contribution in [0.25, 0.3) is 0 Å². The number of ether oxygens (including phenoxy) is 2. The molecule has 0 aliphatic carbocycles. The van der Waals surface area contributed by atoms with E-state index in [4.69, 9.17) is 9.47 Å². The van der Waals surface area contributed by atoms with Gasteiger partial charge in [0.25, 0.3) is 0 Å². The monoisotopic (exact) mass is 142 g/mol. The summed E-state index contributed by atoms with van der Waals surface area (Å²) in [6.45, 7) is 1.94. The molecule has 0 aromatic heterocycles. The SMILES string of the molecule is CCC1OC(=O)C=C1OC. The zero-order valence-corrected chi connectivity index (χ0v) is 6.09. The quantitative estimate of drug-likeness (QED) is 0.536. The Morgan fingerprint density at radius 1 is 1.80 bits per heavy atom. The maximum Gasteiger partial charge on any atom is 0.335 e. The van der Waals surface area contributed by atoms with E-state index in [1.165, 1.54) is 13.2 Å². The second-order valence-electron chi connectivity index (χ2n) is 2.08. The molecule has 3 nitrogen and oxygen atoms in total. The smallest absolute Gasteiger partial charge is 0.335 e. The molecule has 1 heterocycles. The minimum atomic E-state index is -0.302. The average molecular weight is 142 g/mol. The van der Waals surface area contributed by atoms with Gasteiger partial charge >= 0.3 is 5.97 Å². The van der Waals surface area contributed by atoms with E-state index < -0.39 is 0 Å². The van der Waals surface area contributed by atoms with Gasteiger partial charge in [0.1, 0.15) is 5.76 Å². The van der Waals surface area contributed by atoms with Crippen LogP contribution in [-0.4, -0.2) is 19.2 Å². The number of hydrogen-bond acceptors (Lipinski definition) is 3. The molecule has 1 aliphatic heterocycles. The van der Waals surface area contributed by atoms with Crippen LogP contribution in [0.15, 0.2) is 11.8 Å². The first kappa shape index (κ1) is 7.12. The molecule has 3 heteroatoms. The van der Waals surface area contributed by atoms with Crippen LogP contribution in [0.4, 0.5) is 0 Å². The second kappa shape index (κ2) is 2.73. The van der Waals surface area contributed by atoms with Crippen LogP contribution in [-0.2, 0) is 14.3 Å². The predicted molar refractivity (Wildman–Crippen MR) is 35.3 cm³/mol. The number of methoxy groups -OCH3 is 1. The number of carbonyl (C=O) groups is 1. The van der Waals surface area contributed by atoms with Gasteiger partial charge in [-0.1, -0.05) is 6.92 Å². The zero-order chi connectivity index (χ0) is 7.56. The molecule has 10 heavy (non-hydrogen) atoms. The number of rotatable bonds is 2. The Morgan fingerprint density at radius 3 is 2.90 bits per heavy atom. The van der Waals surface area contributed by atoms with Crippen molar-refractivity contribution in [2.24, 2.45) is 0 Å². The highest BCUT2D eigenvalue weighted by Gasteiger charge is 2.24. The number of esters is 1. The minimum Gasteiger partial charge on any atom is -0.497 e. The third-order valence-corrected chi connectivity index (χ3v) is 1.44. The summed E-state index contributed by atoms with van der Waals surface area (Å²) >= 11 is 0. The van der Waals surface area contributed by atoms with Crippen LogP contribution in [0.1, 0.15) is 13.3 Å². The van der Waals surface area contributed by atoms with Gasteiger partial charge < -0.3 is 9.47 Å². The highest BCUT2D eigenvalue weighted by Crippen LogP contribution is 2.18. The molecule has 1 aliphatic rings. The molecule has 0 fully saturated rings. The van der Waals surface area contributed by atoms with Crippen molar-refractivity contribution < 1.29 is 14.3 Å². The number of hydrogen-bond donors (Lipinski definition) is 0. The van der Waals surface area contributed by atoms with Crippen LogP contribution in [0, 0.1) is 0 Å². The van der Waals surface area contributed by atoms with Gasteiger partial charge in [0.15, 0.2) is 6.10 Å². The van der Waals surface area contributed by atoms with Crippen LogP contribution < -0.4 is 0 Å². The Hall–Kier alpha value is -0.990. The molecule has 0 saturated heterocycles. The van der Waals surface area contributed by atoms with Crippen molar-refractivity contribution in [2.45, 2.75) is 19.4 Å². The molecule has 0 aromatic carbocycles. The first-order valence-electron chi connectivity index (χ1n) is 3.24. The Morgan fingerprint density at radius 2 is 2.50 bits per heavy atom. The molecular formula is C7H10O3. The van der Waals surface area contributed by atoms with E-state index in [2.05, 4.69) is 0 Å². The molecule has 0 saturated carbocycles. The lowest BCUT2D eigenvalue weighted by atomic mass is 10.2. The van der Waals surface area contributed by atoms with Crippen molar-refractivity contribution in [3.05, 3.63) is 11.8 Å². The van der Waals surface area contributed by atoms with Crippen LogP contribution >= 0.6 is 0 Å². The minimum absolute atomic E-state index is 0.155. The summed E-state index contributed by atoms with van der Waals surface area (Å²) in [4.78, 5) is 10.6. The molecule has 1 unspecified atom stereocenters. The van der Waals surface area contributed by atoms with Gasteiger partial charge in [-0.3, -0.25) is 0 Å². The summed E-state index contributed by atoms with van der Waals surface area (Å²) in [5.41, 5.74) is 0. The van der Waals surface area contributed by atoms with Crippen molar-refractivity contribution in [2.75, 3.05) is 7.11 Å². The van der Waals surface area contributed by atoms with Crippen LogP contribution in [0.2, 0.25) is 0 Å². The fourth-order valence-electron chi connectivity index (χ4n) is 0.916. The summed E-state index contributed by atoms with van der Waals surface area (Å²) in [7, 11) is 1.54. The lowest BCUT2D eigenvalue weighted by molar-refractivity contribution is -0.139. The van der Waals surface area contributed by atoms with E-state index in [0.29, 0.717) is 5.76 Å². The topological polar surface area (TPSA) is 35.5 Å². The third kappa shape index (κ3) is 1.12. The van der Waals surface area contributed by atoms with E-state index in [-0.39, 0.29) is 12.1 Å². The summed E-state index contributed by atoms with van der Waals surface area (Å²) < 4.78 is 9.76. The van der Waals surface area contributed by atoms with Gasteiger partial charge in [0.05, 0.1) is 13.2 Å². The molecule has 0 N–H and O–H groups in total. The van der Waals surface area contributed by atoms with Gasteiger partial charge in [-0.2, -0.15) is 0 Å². The van der Waals surface area contributed by atoms with Crippen molar-refractivity contribution in [1.29, 1.82) is 0 Å². The van der Waals surface area contributed by atoms with Gasteiger partial charge in [0.2, 0.25) is 0 Å². The van der Waals surface area contributed by atoms with Gasteiger partial charge in [-0.15, -0.1) is 0 Å². The molecule has 56 valence electrons. The Kier molecular flexibility index (Phi) is 1.94. The lowest BCUT2D eigenvalue weighted by Crippen LogP contribution is -2.10. The molecule has 0 aromatic rings. The van der Waals surface area contributed by atoms with E-state index in [1.54, 1.807) is 0 Å². The Bertz CT molecular complexity index is 172. The Labute approximate surface area is 59.6 Å². The molecule has 0 amide bonds. The fraction of sp³-hybridized carbons (Fsp3) is 0.571. The Balaban J connectivity index is 2.65. The maximum absolute atomic E-state index is 10.6. The van der Waals surface area contributed by atoms with Gasteiger partial charge in [-0.25, -0.2) is 4.79 Å². The van der Waals surface area contributed by atoms with Crippen molar-refractivity contribution in [1.82, 2.24) is 0 Å². The van der Waals surface area contributed by atoms with Crippen LogP contribution in [0.3, 0.4) is 0 Å². The first-order valence-corrected chi connectivity index (χ1v) is 3.24. The summed E-state index contributed by atoms with van der Waals surface area (Å²) in [6, 6.07) is 0. The summed E-state index contributed by atoms with van der Waals surface area (Å²) in [5, 5.41) is 0. The van der Waals surface area contributed by atoms with Crippen molar-refractivity contribution in [3.8, 4) is 0 Å². The van der Waals surface area contributed by atoms with E-state index >= 15 is 0 Å². The zero-order valence-electron chi connectivity index (χ0n) is 6.09.